The van der Waals surface area contributed by atoms with E-state index in [1.165, 1.54) is 23.7 Å². The molecule has 0 aliphatic rings. The van der Waals surface area contributed by atoms with Crippen LogP contribution in [0.25, 0.3) is 12.2 Å². The van der Waals surface area contributed by atoms with E-state index < -0.39 is 0 Å². The van der Waals surface area contributed by atoms with E-state index >= 15 is 0 Å². The van der Waals surface area contributed by atoms with Crippen molar-refractivity contribution in [1.82, 2.24) is 4.98 Å². The Balaban J connectivity index is 1.93. The van der Waals surface area contributed by atoms with E-state index in [2.05, 4.69) is 4.98 Å². The number of benzene rings is 1. The average molecular weight is 385 g/mol. The lowest BCUT2D eigenvalue weighted by atomic mass is 10.2. The summed E-state index contributed by atoms with van der Waals surface area (Å²) >= 11 is 1.20. The van der Waals surface area contributed by atoms with Crippen LogP contribution in [0, 0.1) is 0 Å². The fraction of sp³-hybridized carbons (Fsp3) is 0.200. The number of aromatic amines is 1. The molecule has 0 radical (unpaired) electrons. The first kappa shape index (κ1) is 18.7. The highest BCUT2D eigenvalue weighted by Gasteiger charge is 2.07. The molecule has 27 heavy (non-hydrogen) atoms. The van der Waals surface area contributed by atoms with E-state index in [-0.39, 0.29) is 17.1 Å². The Labute approximate surface area is 159 Å². The summed E-state index contributed by atoms with van der Waals surface area (Å²) in [7, 11) is 1.57. The maximum absolute atomic E-state index is 12.2. The molecule has 2 aromatic heterocycles. The van der Waals surface area contributed by atoms with Crippen molar-refractivity contribution in [2.75, 3.05) is 13.7 Å². The number of methoxy groups -OCH3 is 1. The summed E-state index contributed by atoms with van der Waals surface area (Å²) in [6.45, 7) is 2.63. The Hall–Kier alpha value is -3.06. The van der Waals surface area contributed by atoms with Crippen molar-refractivity contribution >= 4 is 29.3 Å². The van der Waals surface area contributed by atoms with Crippen LogP contribution in [0.2, 0.25) is 0 Å². The molecule has 140 valence electrons. The molecule has 7 heteroatoms. The van der Waals surface area contributed by atoms with Crippen LogP contribution in [0.3, 0.4) is 0 Å². The van der Waals surface area contributed by atoms with E-state index in [4.69, 9.17) is 13.9 Å². The molecule has 0 spiro atoms. The minimum Gasteiger partial charge on any atom is -0.493 e. The van der Waals surface area contributed by atoms with Crippen molar-refractivity contribution in [3.8, 4) is 11.5 Å². The lowest BCUT2D eigenvalue weighted by Crippen LogP contribution is -2.20. The zero-order valence-electron chi connectivity index (χ0n) is 15.0. The quantitative estimate of drug-likeness (QED) is 0.631. The molecule has 1 N–H and O–H groups in total. The minimum atomic E-state index is -0.303. The van der Waals surface area contributed by atoms with E-state index in [0.29, 0.717) is 27.3 Å². The van der Waals surface area contributed by atoms with Crippen molar-refractivity contribution < 1.29 is 18.7 Å². The van der Waals surface area contributed by atoms with Gasteiger partial charge in [0.2, 0.25) is 5.78 Å². The van der Waals surface area contributed by atoms with E-state index in [9.17, 15) is 9.59 Å². The van der Waals surface area contributed by atoms with Gasteiger partial charge in [-0.15, -0.1) is 11.3 Å². The van der Waals surface area contributed by atoms with Gasteiger partial charge in [0.05, 0.1) is 29.2 Å². The first-order valence-corrected chi connectivity index (χ1v) is 9.23. The average Bonchev–Trinajstić information content (AvgIpc) is 3.31. The van der Waals surface area contributed by atoms with Crippen molar-refractivity contribution in [2.24, 2.45) is 0 Å². The number of rotatable bonds is 7. The highest BCUT2D eigenvalue weighted by atomic mass is 32.1. The molecule has 0 aliphatic carbocycles. The van der Waals surface area contributed by atoms with Gasteiger partial charge in [-0.25, -0.2) is 0 Å². The first-order chi connectivity index (χ1) is 13.1. The van der Waals surface area contributed by atoms with E-state index in [0.717, 1.165) is 12.0 Å². The normalized spacial score (nSPS) is 12.4. The van der Waals surface area contributed by atoms with Gasteiger partial charge in [0.1, 0.15) is 0 Å². The van der Waals surface area contributed by atoms with Gasteiger partial charge in [-0.3, -0.25) is 9.59 Å². The summed E-state index contributed by atoms with van der Waals surface area (Å²) in [4.78, 5) is 26.9. The fourth-order valence-electron chi connectivity index (χ4n) is 2.39. The number of hydrogen-bond acceptors (Lipinski definition) is 6. The summed E-state index contributed by atoms with van der Waals surface area (Å²) in [5, 5.41) is 0. The molecule has 0 saturated heterocycles. The van der Waals surface area contributed by atoms with Gasteiger partial charge in [-0.1, -0.05) is 13.0 Å². The number of thiazole rings is 1. The zero-order chi connectivity index (χ0) is 19.2. The smallest absolute Gasteiger partial charge is 0.266 e. The van der Waals surface area contributed by atoms with Gasteiger partial charge in [-0.05, 0) is 42.3 Å². The number of carbonyl (C=O) groups excluding carboxylic acids is 1. The summed E-state index contributed by atoms with van der Waals surface area (Å²) in [5.41, 5.74) is 0.538. The number of Topliss-reactive ketones (excluding diaryl/α,β-unsaturated/α-hetero) is 1. The number of carbonyl (C=O) groups is 1. The zero-order valence-corrected chi connectivity index (χ0v) is 15.8. The number of aromatic nitrogens is 1. The third kappa shape index (κ3) is 4.57. The number of H-pyrrole nitrogens is 1. The van der Waals surface area contributed by atoms with Crippen LogP contribution in [-0.2, 0) is 0 Å². The van der Waals surface area contributed by atoms with E-state index in [1.807, 2.05) is 25.1 Å². The van der Waals surface area contributed by atoms with Gasteiger partial charge in [0.15, 0.2) is 17.3 Å². The second-order valence-corrected chi connectivity index (χ2v) is 6.76. The highest BCUT2D eigenvalue weighted by Crippen LogP contribution is 2.28. The summed E-state index contributed by atoms with van der Waals surface area (Å²) in [6, 6.07) is 8.69. The molecule has 3 rings (SSSR count). The van der Waals surface area contributed by atoms with Crippen molar-refractivity contribution in [1.29, 1.82) is 0 Å². The van der Waals surface area contributed by atoms with Gasteiger partial charge < -0.3 is 18.9 Å². The molecule has 0 saturated carbocycles. The molecule has 1 aromatic carbocycles. The molecule has 0 atom stereocenters. The largest absolute Gasteiger partial charge is 0.493 e. The summed E-state index contributed by atoms with van der Waals surface area (Å²) in [5.74, 6) is 1.19. The Morgan fingerprint density at radius 1 is 1.30 bits per heavy atom. The molecule has 0 unspecified atom stereocenters. The number of furan rings is 1. The van der Waals surface area contributed by atoms with E-state index in [1.54, 1.807) is 25.3 Å². The topological polar surface area (TPSA) is 81.5 Å². The van der Waals surface area contributed by atoms with Gasteiger partial charge in [-0.2, -0.15) is 0 Å². The number of hydrogen-bond donors (Lipinski definition) is 1. The van der Waals surface area contributed by atoms with Crippen LogP contribution in [0.4, 0.5) is 0 Å². The van der Waals surface area contributed by atoms with Crippen LogP contribution < -0.4 is 24.2 Å². The SMILES string of the molecule is CCCOc1ccc(/C=c2\s/c(=C\C(=O)c3ccco3)[nH]c2=O)cc1OC. The monoisotopic (exact) mass is 385 g/mol. The van der Waals surface area contributed by atoms with Crippen LogP contribution in [-0.4, -0.2) is 24.5 Å². The molecule has 2 heterocycles. The predicted molar refractivity (Wildman–Crippen MR) is 104 cm³/mol. The maximum atomic E-state index is 12.2. The Morgan fingerprint density at radius 2 is 2.15 bits per heavy atom. The predicted octanol–water partition coefficient (Wildman–Crippen LogP) is 2.32. The van der Waals surface area contributed by atoms with Crippen molar-refractivity contribution in [3.05, 3.63) is 67.5 Å². The number of ketones is 1. The van der Waals surface area contributed by atoms with Gasteiger partial charge in [0.25, 0.3) is 5.56 Å². The van der Waals surface area contributed by atoms with Gasteiger partial charge >= 0.3 is 0 Å². The molecule has 3 aromatic rings. The summed E-state index contributed by atoms with van der Waals surface area (Å²) in [6.07, 6.45) is 5.42. The third-order valence-electron chi connectivity index (χ3n) is 3.65. The van der Waals surface area contributed by atoms with Gasteiger partial charge in [0, 0.05) is 6.08 Å². The Morgan fingerprint density at radius 3 is 2.85 bits per heavy atom. The van der Waals surface area contributed by atoms with Crippen molar-refractivity contribution in [3.63, 3.8) is 0 Å². The van der Waals surface area contributed by atoms with Crippen LogP contribution in [0.5, 0.6) is 11.5 Å². The highest BCUT2D eigenvalue weighted by molar-refractivity contribution is 7.07. The summed E-state index contributed by atoms with van der Waals surface area (Å²) < 4.78 is 17.0. The molecule has 0 aliphatic heterocycles. The maximum Gasteiger partial charge on any atom is 0.266 e. The van der Waals surface area contributed by atoms with Crippen LogP contribution in [0.1, 0.15) is 29.5 Å². The Kier molecular flexibility index (Phi) is 5.93. The van der Waals surface area contributed by atoms with Crippen LogP contribution in [0.15, 0.2) is 45.8 Å². The third-order valence-corrected chi connectivity index (χ3v) is 4.62. The molecular weight excluding hydrogens is 366 g/mol. The standard InChI is InChI=1S/C20H19NO5S/c1-3-8-25-16-7-6-13(10-17(16)24-2)11-18-20(23)21-19(27-18)12-14(22)15-5-4-9-26-15/h4-7,9-12H,3,8H2,1-2H3,(H,21,23)/b18-11-,19-12-. The number of ether oxygens (including phenoxy) is 2. The second-order valence-electron chi connectivity index (χ2n) is 5.67. The first-order valence-electron chi connectivity index (χ1n) is 8.42. The van der Waals surface area contributed by atoms with Crippen molar-refractivity contribution in [2.45, 2.75) is 13.3 Å². The molecule has 0 fully saturated rings. The number of nitrogens with one attached hydrogen (secondary N) is 1. The second kappa shape index (κ2) is 8.55. The lowest BCUT2D eigenvalue weighted by Gasteiger charge is -2.10. The molecule has 0 bridgehead atoms. The molecule has 6 nitrogen and oxygen atoms in total. The fourth-order valence-corrected chi connectivity index (χ4v) is 3.28. The lowest BCUT2D eigenvalue weighted by molar-refractivity contribution is 0.103. The van der Waals surface area contributed by atoms with Crippen LogP contribution >= 0.6 is 11.3 Å². The molecule has 0 amide bonds. The Bertz CT molecular complexity index is 1090. The molecular formula is C20H19NO5S. The minimum absolute atomic E-state index is 0.224.